The minimum absolute atomic E-state index is 0.749. The van der Waals surface area contributed by atoms with Gasteiger partial charge in [0, 0.05) is 6.54 Å². The molecule has 0 saturated heterocycles. The van der Waals surface area contributed by atoms with Crippen LogP contribution in [0.2, 0.25) is 0 Å². The number of hydrogen-bond acceptors (Lipinski definition) is 3. The largest absolute Gasteiger partial charge is 0.476 e. The van der Waals surface area contributed by atoms with Crippen LogP contribution in [0, 0.1) is 0 Å². The van der Waals surface area contributed by atoms with Crippen molar-refractivity contribution in [2.75, 3.05) is 13.2 Å². The fourth-order valence-electron chi connectivity index (χ4n) is 0.961. The Morgan fingerprint density at radius 2 is 2.44 bits per heavy atom. The van der Waals surface area contributed by atoms with Gasteiger partial charge in [-0.2, -0.15) is 0 Å². The van der Waals surface area contributed by atoms with Crippen molar-refractivity contribution in [2.24, 2.45) is 0 Å². The maximum absolute atomic E-state index is 5.19. The molecule has 0 radical (unpaired) electrons. The third kappa shape index (κ3) is 0.512. The highest BCUT2D eigenvalue weighted by Crippen LogP contribution is 2.20. The second kappa shape index (κ2) is 1.43. The van der Waals surface area contributed by atoms with Crippen molar-refractivity contribution in [3.05, 3.63) is 23.9 Å². The maximum Gasteiger partial charge on any atom is 0.217 e. The Kier molecular flexibility index (Phi) is 0.754. The first kappa shape index (κ1) is 4.73. The summed E-state index contributed by atoms with van der Waals surface area (Å²) >= 11 is 0. The predicted molar refractivity (Wildman–Crippen MR) is 33.3 cm³/mol. The molecule has 0 amide bonds. The van der Waals surface area contributed by atoms with Gasteiger partial charge in [0.25, 0.3) is 0 Å². The van der Waals surface area contributed by atoms with Crippen LogP contribution in [0.5, 0.6) is 0 Å². The monoisotopic (exact) mass is 124 g/mol. The van der Waals surface area contributed by atoms with Gasteiger partial charge in [0.05, 0.1) is 5.70 Å². The van der Waals surface area contributed by atoms with Gasteiger partial charge in [-0.15, -0.1) is 0 Å². The highest BCUT2D eigenvalue weighted by atomic mass is 16.5. The zero-order valence-corrected chi connectivity index (χ0v) is 5.03. The van der Waals surface area contributed by atoms with Crippen LogP contribution in [0.4, 0.5) is 0 Å². The summed E-state index contributed by atoms with van der Waals surface area (Å²) in [5.41, 5.74) is 1.98. The molecule has 0 spiro atoms. The van der Waals surface area contributed by atoms with Crippen molar-refractivity contribution in [1.82, 2.24) is 10.6 Å². The summed E-state index contributed by atoms with van der Waals surface area (Å²) in [5, 5.41) is 6.11. The van der Waals surface area contributed by atoms with Crippen LogP contribution in [0.1, 0.15) is 0 Å². The van der Waals surface area contributed by atoms with Gasteiger partial charge in [0.2, 0.25) is 5.88 Å². The van der Waals surface area contributed by atoms with E-state index >= 15 is 0 Å². The molecule has 0 atom stereocenters. The van der Waals surface area contributed by atoms with E-state index in [1.807, 2.05) is 0 Å². The molecule has 0 aromatic rings. The molecular weight excluding hydrogens is 116 g/mol. The molecule has 2 rings (SSSR count). The van der Waals surface area contributed by atoms with E-state index in [9.17, 15) is 0 Å². The molecule has 0 fully saturated rings. The van der Waals surface area contributed by atoms with Crippen molar-refractivity contribution in [3.63, 3.8) is 0 Å². The Morgan fingerprint density at radius 1 is 1.56 bits per heavy atom. The molecule has 0 unspecified atom stereocenters. The summed E-state index contributed by atoms with van der Waals surface area (Å²) in [4.78, 5) is 0. The molecule has 3 heteroatoms. The van der Waals surface area contributed by atoms with Gasteiger partial charge in [0.15, 0.2) is 0 Å². The average Bonchev–Trinajstić information content (AvgIpc) is 1.86. The molecule has 0 saturated carbocycles. The van der Waals surface area contributed by atoms with E-state index in [1.54, 1.807) is 0 Å². The molecule has 3 nitrogen and oxygen atoms in total. The lowest BCUT2D eigenvalue weighted by Crippen LogP contribution is -2.42. The van der Waals surface area contributed by atoms with Gasteiger partial charge in [0.1, 0.15) is 12.3 Å². The fraction of sp³-hybridized carbons (Fsp3) is 0.333. The summed E-state index contributed by atoms with van der Waals surface area (Å²) in [5.74, 6) is 0.853. The van der Waals surface area contributed by atoms with Crippen LogP contribution in [-0.4, -0.2) is 13.2 Å². The number of nitrogens with one attached hydrogen (secondary N) is 2. The van der Waals surface area contributed by atoms with Crippen LogP contribution < -0.4 is 10.6 Å². The lowest BCUT2D eigenvalue weighted by molar-refractivity contribution is 0.160. The van der Waals surface area contributed by atoms with E-state index in [0.717, 1.165) is 30.4 Å². The van der Waals surface area contributed by atoms with Crippen LogP contribution in [-0.2, 0) is 4.74 Å². The van der Waals surface area contributed by atoms with Gasteiger partial charge >= 0.3 is 0 Å². The molecule has 9 heavy (non-hydrogen) atoms. The van der Waals surface area contributed by atoms with Gasteiger partial charge < -0.3 is 15.4 Å². The molecule has 0 aromatic carbocycles. The van der Waals surface area contributed by atoms with E-state index in [0.29, 0.717) is 0 Å². The molecule has 2 heterocycles. The van der Waals surface area contributed by atoms with Gasteiger partial charge in [-0.05, 0) is 0 Å². The number of ether oxygens (including phenoxy) is 1. The third-order valence-electron chi connectivity index (χ3n) is 1.44. The minimum Gasteiger partial charge on any atom is -0.476 e. The SMILES string of the molecule is C=C1NC2=C1NCCO2. The van der Waals surface area contributed by atoms with E-state index in [-0.39, 0.29) is 0 Å². The zero-order valence-electron chi connectivity index (χ0n) is 5.03. The second-order valence-electron chi connectivity index (χ2n) is 2.08. The molecule has 0 aliphatic carbocycles. The summed E-state index contributed by atoms with van der Waals surface area (Å²) < 4.78 is 5.19. The first-order chi connectivity index (χ1) is 4.38. The minimum atomic E-state index is 0.749. The van der Waals surface area contributed by atoms with Crippen molar-refractivity contribution in [2.45, 2.75) is 0 Å². The third-order valence-corrected chi connectivity index (χ3v) is 1.44. The highest BCUT2D eigenvalue weighted by Gasteiger charge is 2.24. The van der Waals surface area contributed by atoms with Crippen LogP contribution in [0.3, 0.4) is 0 Å². The van der Waals surface area contributed by atoms with Crippen LogP contribution in [0.15, 0.2) is 23.9 Å². The summed E-state index contributed by atoms with van der Waals surface area (Å²) in [6.07, 6.45) is 0. The van der Waals surface area contributed by atoms with Crippen molar-refractivity contribution in [1.29, 1.82) is 0 Å². The standard InChI is InChI=1S/C6H8N2O/c1-4-5-6(8-4)9-3-2-7-5/h7-8H,1-3H2. The van der Waals surface area contributed by atoms with E-state index in [4.69, 9.17) is 4.74 Å². The van der Waals surface area contributed by atoms with Gasteiger partial charge in [-0.25, -0.2) is 0 Å². The van der Waals surface area contributed by atoms with Crippen LogP contribution in [0.25, 0.3) is 0 Å². The Balaban J connectivity index is 2.26. The Labute approximate surface area is 53.4 Å². The first-order valence-corrected chi connectivity index (χ1v) is 2.95. The average molecular weight is 124 g/mol. The van der Waals surface area contributed by atoms with Crippen LogP contribution >= 0.6 is 0 Å². The predicted octanol–water partition coefficient (Wildman–Crippen LogP) is -0.108. The summed E-state index contributed by atoms with van der Waals surface area (Å²) in [6.45, 7) is 5.37. The quantitative estimate of drug-likeness (QED) is 0.473. The van der Waals surface area contributed by atoms with Crippen molar-refractivity contribution in [3.8, 4) is 0 Å². The maximum atomic E-state index is 5.19. The lowest BCUT2D eigenvalue weighted by Gasteiger charge is -2.32. The molecule has 2 N–H and O–H groups in total. The summed E-state index contributed by atoms with van der Waals surface area (Å²) in [7, 11) is 0. The number of rotatable bonds is 0. The van der Waals surface area contributed by atoms with E-state index in [1.165, 1.54) is 0 Å². The molecular formula is C6H8N2O. The molecule has 2 aliphatic heterocycles. The topological polar surface area (TPSA) is 33.3 Å². The Bertz CT molecular complexity index is 195. The Hall–Kier alpha value is -1.12. The smallest absolute Gasteiger partial charge is 0.217 e. The first-order valence-electron chi connectivity index (χ1n) is 2.95. The van der Waals surface area contributed by atoms with Crippen molar-refractivity contribution < 1.29 is 4.74 Å². The highest BCUT2D eigenvalue weighted by molar-refractivity contribution is 5.39. The zero-order chi connectivity index (χ0) is 6.27. The van der Waals surface area contributed by atoms with E-state index < -0.39 is 0 Å². The molecule has 2 aliphatic rings. The summed E-state index contributed by atoms with van der Waals surface area (Å²) in [6, 6.07) is 0. The Morgan fingerprint density at radius 3 is 3.00 bits per heavy atom. The van der Waals surface area contributed by atoms with Gasteiger partial charge in [-0.1, -0.05) is 6.58 Å². The number of hydrogen-bond donors (Lipinski definition) is 2. The fourth-order valence-corrected chi connectivity index (χ4v) is 0.961. The normalized spacial score (nSPS) is 22.9. The van der Waals surface area contributed by atoms with Crippen molar-refractivity contribution >= 4 is 0 Å². The molecule has 0 aromatic heterocycles. The molecule has 0 bridgehead atoms. The van der Waals surface area contributed by atoms with E-state index in [2.05, 4.69) is 17.2 Å². The molecule has 48 valence electrons. The second-order valence-corrected chi connectivity index (χ2v) is 2.08. The van der Waals surface area contributed by atoms with Gasteiger partial charge in [-0.3, -0.25) is 0 Å². The lowest BCUT2D eigenvalue weighted by atomic mass is 10.2.